The van der Waals surface area contributed by atoms with Gasteiger partial charge in [-0.25, -0.2) is 0 Å². The molecule has 0 atom stereocenters. The van der Waals surface area contributed by atoms with Gasteiger partial charge in [0, 0.05) is 17.1 Å². The van der Waals surface area contributed by atoms with Gasteiger partial charge in [0.25, 0.3) is 0 Å². The summed E-state index contributed by atoms with van der Waals surface area (Å²) in [6.07, 6.45) is 0. The molecule has 0 saturated heterocycles. The second-order valence-electron chi connectivity index (χ2n) is 14.6. The van der Waals surface area contributed by atoms with Crippen LogP contribution in [0.2, 0.25) is 0 Å². The molecule has 10 aromatic rings. The van der Waals surface area contributed by atoms with E-state index in [2.05, 4.69) is 241 Å². The molecule has 268 valence electrons. The minimum absolute atomic E-state index is 1.10. The topological polar surface area (TPSA) is 3.24 Å². The van der Waals surface area contributed by atoms with E-state index < -0.39 is 0 Å². The van der Waals surface area contributed by atoms with Gasteiger partial charge in [-0.05, 0) is 120 Å². The largest absolute Gasteiger partial charge is 0.311 e. The van der Waals surface area contributed by atoms with Crippen LogP contribution in [0.5, 0.6) is 0 Å². The lowest BCUT2D eigenvalue weighted by atomic mass is 9.96. The zero-order valence-corrected chi connectivity index (χ0v) is 31.5. The van der Waals surface area contributed by atoms with Crippen LogP contribution in [0.1, 0.15) is 0 Å². The van der Waals surface area contributed by atoms with Gasteiger partial charge in [-0.1, -0.05) is 194 Å². The maximum Gasteiger partial charge on any atom is 0.0462 e. The highest BCUT2D eigenvalue weighted by Crippen LogP contribution is 2.38. The molecular weight excluding hydrogens is 687 g/mol. The minimum atomic E-state index is 1.10. The summed E-state index contributed by atoms with van der Waals surface area (Å²) < 4.78 is 0. The quantitative estimate of drug-likeness (QED) is 0.151. The van der Waals surface area contributed by atoms with Crippen LogP contribution in [0, 0.1) is 0 Å². The SMILES string of the molecule is c1ccc(-c2ccc(N(c3ccc(-c4ccc(-c5ccc6ccccc6c5)cc4)cc3)c3ccc(-c4ccc(-c5cccc6ccccc56)cc4)cc3)cc2)cc1. The summed E-state index contributed by atoms with van der Waals surface area (Å²) in [7, 11) is 0. The van der Waals surface area contributed by atoms with E-state index in [1.54, 1.807) is 0 Å². The summed E-state index contributed by atoms with van der Waals surface area (Å²) in [6, 6.07) is 85.5. The second-order valence-corrected chi connectivity index (χ2v) is 14.6. The first kappa shape index (κ1) is 34.0. The maximum atomic E-state index is 2.34. The van der Waals surface area contributed by atoms with Gasteiger partial charge in [0.2, 0.25) is 0 Å². The van der Waals surface area contributed by atoms with Crippen LogP contribution in [-0.2, 0) is 0 Å². The smallest absolute Gasteiger partial charge is 0.0462 e. The van der Waals surface area contributed by atoms with Crippen LogP contribution in [0.25, 0.3) is 77.2 Å². The molecule has 10 aromatic carbocycles. The number of fused-ring (bicyclic) bond motifs is 2. The highest BCUT2D eigenvalue weighted by molar-refractivity contribution is 5.97. The number of nitrogens with zero attached hydrogens (tertiary/aromatic N) is 1. The predicted octanol–water partition coefficient (Wildman–Crippen LogP) is 15.8. The number of rotatable bonds is 8. The number of anilines is 3. The Morgan fingerprint density at radius 2 is 0.579 bits per heavy atom. The molecule has 0 aromatic heterocycles. The fraction of sp³-hybridized carbons (Fsp3) is 0. The van der Waals surface area contributed by atoms with E-state index in [0.29, 0.717) is 0 Å². The van der Waals surface area contributed by atoms with Gasteiger partial charge >= 0.3 is 0 Å². The van der Waals surface area contributed by atoms with Crippen molar-refractivity contribution in [1.29, 1.82) is 0 Å². The van der Waals surface area contributed by atoms with Crippen LogP contribution in [0.4, 0.5) is 17.1 Å². The van der Waals surface area contributed by atoms with Gasteiger partial charge < -0.3 is 4.90 Å². The molecule has 0 bridgehead atoms. The third kappa shape index (κ3) is 6.88. The van der Waals surface area contributed by atoms with Gasteiger partial charge in [0.05, 0.1) is 0 Å². The summed E-state index contributed by atoms with van der Waals surface area (Å²) in [5.74, 6) is 0. The maximum absolute atomic E-state index is 2.34. The standard InChI is InChI=1S/C56H39N/c1-2-9-40(10-3-1)44-27-33-52(34-28-44)57(53-35-29-45(30-36-53)42-17-19-47(20-18-42)51-26-23-41-11-4-5-13-50(41)39-51)54-37-31-46(32-38-54)43-21-24-49(25-22-43)56-16-8-14-48-12-6-7-15-55(48)56/h1-39H. The summed E-state index contributed by atoms with van der Waals surface area (Å²) in [6.45, 7) is 0. The first-order chi connectivity index (χ1) is 28.2. The molecule has 57 heavy (non-hydrogen) atoms. The van der Waals surface area contributed by atoms with E-state index in [0.717, 1.165) is 17.1 Å². The Balaban J connectivity index is 0.945. The lowest BCUT2D eigenvalue weighted by Crippen LogP contribution is -2.09. The number of hydrogen-bond donors (Lipinski definition) is 0. The first-order valence-electron chi connectivity index (χ1n) is 19.6. The average molecular weight is 726 g/mol. The second kappa shape index (κ2) is 15.0. The first-order valence-corrected chi connectivity index (χ1v) is 19.6. The minimum Gasteiger partial charge on any atom is -0.311 e. The van der Waals surface area contributed by atoms with E-state index >= 15 is 0 Å². The Hall–Kier alpha value is -7.48. The van der Waals surface area contributed by atoms with Crippen LogP contribution in [0.15, 0.2) is 237 Å². The number of hydrogen-bond acceptors (Lipinski definition) is 1. The summed E-state index contributed by atoms with van der Waals surface area (Å²) in [4.78, 5) is 2.34. The molecule has 0 aliphatic heterocycles. The van der Waals surface area contributed by atoms with E-state index in [-0.39, 0.29) is 0 Å². The normalized spacial score (nSPS) is 11.2. The molecule has 1 nitrogen and oxygen atoms in total. The molecule has 0 aliphatic rings. The van der Waals surface area contributed by atoms with E-state index in [1.165, 1.54) is 77.2 Å². The van der Waals surface area contributed by atoms with Crippen LogP contribution >= 0.6 is 0 Å². The van der Waals surface area contributed by atoms with Crippen molar-refractivity contribution < 1.29 is 0 Å². The molecule has 0 fully saturated rings. The molecule has 10 rings (SSSR count). The van der Waals surface area contributed by atoms with Crippen molar-refractivity contribution >= 4 is 38.6 Å². The van der Waals surface area contributed by atoms with Crippen molar-refractivity contribution in [2.45, 2.75) is 0 Å². The Bertz CT molecular complexity index is 2940. The van der Waals surface area contributed by atoms with Crippen molar-refractivity contribution in [2.24, 2.45) is 0 Å². The van der Waals surface area contributed by atoms with Gasteiger partial charge in [0.1, 0.15) is 0 Å². The van der Waals surface area contributed by atoms with Gasteiger partial charge in [-0.15, -0.1) is 0 Å². The molecule has 0 N–H and O–H groups in total. The van der Waals surface area contributed by atoms with Crippen LogP contribution < -0.4 is 4.90 Å². The zero-order chi connectivity index (χ0) is 38.0. The molecule has 0 spiro atoms. The fourth-order valence-corrected chi connectivity index (χ4v) is 8.03. The third-order valence-electron chi connectivity index (χ3n) is 11.1. The van der Waals surface area contributed by atoms with E-state index in [1.807, 2.05) is 0 Å². The van der Waals surface area contributed by atoms with Crippen molar-refractivity contribution in [3.63, 3.8) is 0 Å². The summed E-state index contributed by atoms with van der Waals surface area (Å²) in [5.41, 5.74) is 15.4. The molecule has 0 amide bonds. The fourth-order valence-electron chi connectivity index (χ4n) is 8.03. The van der Waals surface area contributed by atoms with Crippen molar-refractivity contribution in [2.75, 3.05) is 4.90 Å². The molecule has 0 radical (unpaired) electrons. The Morgan fingerprint density at radius 3 is 1.12 bits per heavy atom. The summed E-state index contributed by atoms with van der Waals surface area (Å²) in [5, 5.41) is 5.06. The van der Waals surface area contributed by atoms with Crippen LogP contribution in [0.3, 0.4) is 0 Å². The predicted molar refractivity (Wildman–Crippen MR) is 243 cm³/mol. The Kier molecular flexibility index (Phi) is 8.95. The van der Waals surface area contributed by atoms with E-state index in [9.17, 15) is 0 Å². The van der Waals surface area contributed by atoms with Gasteiger partial charge in [-0.3, -0.25) is 0 Å². The molecule has 0 heterocycles. The van der Waals surface area contributed by atoms with Crippen molar-refractivity contribution in [3.8, 4) is 55.6 Å². The average Bonchev–Trinajstić information content (AvgIpc) is 3.30. The molecule has 1 heteroatoms. The van der Waals surface area contributed by atoms with Crippen molar-refractivity contribution in [3.05, 3.63) is 237 Å². The highest BCUT2D eigenvalue weighted by Gasteiger charge is 2.14. The highest BCUT2D eigenvalue weighted by atomic mass is 15.1. The lowest BCUT2D eigenvalue weighted by molar-refractivity contribution is 1.28. The molecule has 0 saturated carbocycles. The third-order valence-corrected chi connectivity index (χ3v) is 11.1. The van der Waals surface area contributed by atoms with Gasteiger partial charge in [-0.2, -0.15) is 0 Å². The molecular formula is C56H39N. The van der Waals surface area contributed by atoms with Crippen LogP contribution in [-0.4, -0.2) is 0 Å². The van der Waals surface area contributed by atoms with E-state index in [4.69, 9.17) is 0 Å². The summed E-state index contributed by atoms with van der Waals surface area (Å²) >= 11 is 0. The van der Waals surface area contributed by atoms with Gasteiger partial charge in [0.15, 0.2) is 0 Å². The monoisotopic (exact) mass is 725 g/mol. The molecule has 0 unspecified atom stereocenters. The lowest BCUT2D eigenvalue weighted by Gasteiger charge is -2.26. The van der Waals surface area contributed by atoms with Crippen molar-refractivity contribution in [1.82, 2.24) is 0 Å². The Morgan fingerprint density at radius 1 is 0.211 bits per heavy atom. The number of benzene rings is 10. The zero-order valence-electron chi connectivity index (χ0n) is 31.5. The molecule has 0 aliphatic carbocycles. The Labute approximate surface area is 334 Å².